The highest BCUT2D eigenvalue weighted by atomic mass is 35.5. The van der Waals surface area contributed by atoms with Crippen LogP contribution in [0, 0.1) is 12.8 Å². The maximum Gasteiger partial charge on any atom is 0.266 e. The lowest BCUT2D eigenvalue weighted by atomic mass is 9.90. The van der Waals surface area contributed by atoms with Crippen molar-refractivity contribution in [3.05, 3.63) is 95.0 Å². The van der Waals surface area contributed by atoms with Gasteiger partial charge in [-0.05, 0) is 42.8 Å². The van der Waals surface area contributed by atoms with Gasteiger partial charge < -0.3 is 0 Å². The van der Waals surface area contributed by atoms with Crippen LogP contribution in [0.25, 0.3) is 0 Å². The highest BCUT2D eigenvalue weighted by molar-refractivity contribution is 6.31. The average molecular weight is 419 g/mol. The molecule has 3 aromatic carbocycles. The molecule has 2 amide bonds. The summed E-state index contributed by atoms with van der Waals surface area (Å²) in [5.41, 5.74) is 3.30. The largest absolute Gasteiger partial charge is 0.273 e. The maximum absolute atomic E-state index is 13.5. The first kappa shape index (κ1) is 18.9. The van der Waals surface area contributed by atoms with E-state index in [1.807, 2.05) is 61.5 Å². The van der Waals surface area contributed by atoms with Gasteiger partial charge in [0, 0.05) is 5.02 Å². The van der Waals surface area contributed by atoms with Gasteiger partial charge in [0.15, 0.2) is 6.10 Å². The molecule has 2 aliphatic rings. The number of rotatable bonds is 3. The molecule has 6 heteroatoms. The maximum atomic E-state index is 13.5. The summed E-state index contributed by atoms with van der Waals surface area (Å²) >= 11 is 6.09. The minimum atomic E-state index is -0.886. The summed E-state index contributed by atoms with van der Waals surface area (Å²) in [6, 6.07) is 23.9. The summed E-state index contributed by atoms with van der Waals surface area (Å²) < 4.78 is 0. The third kappa shape index (κ3) is 2.98. The average Bonchev–Trinajstić information content (AvgIpc) is 3.26. The Balaban J connectivity index is 1.59. The van der Waals surface area contributed by atoms with Crippen LogP contribution in [0.4, 0.5) is 11.4 Å². The van der Waals surface area contributed by atoms with Gasteiger partial charge in [0.1, 0.15) is 5.92 Å². The fraction of sp³-hybridized carbons (Fsp3) is 0.167. The van der Waals surface area contributed by atoms with Crippen molar-refractivity contribution in [2.75, 3.05) is 9.96 Å². The Bertz CT molecular complexity index is 1120. The molecule has 3 aromatic rings. The van der Waals surface area contributed by atoms with E-state index in [0.29, 0.717) is 10.7 Å². The molecule has 0 saturated carbocycles. The summed E-state index contributed by atoms with van der Waals surface area (Å²) in [5.74, 6) is -1.31. The van der Waals surface area contributed by atoms with Crippen LogP contribution >= 0.6 is 11.6 Å². The minimum Gasteiger partial charge on any atom is -0.273 e. The molecular weight excluding hydrogens is 400 g/mol. The lowest BCUT2D eigenvalue weighted by Gasteiger charge is -2.28. The quantitative estimate of drug-likeness (QED) is 0.578. The Hall–Kier alpha value is -3.15. The van der Waals surface area contributed by atoms with Gasteiger partial charge in [0.25, 0.3) is 5.91 Å². The molecule has 2 heterocycles. The van der Waals surface area contributed by atoms with Crippen molar-refractivity contribution in [1.82, 2.24) is 0 Å². The first-order valence-electron chi connectivity index (χ1n) is 9.75. The fourth-order valence-electron chi connectivity index (χ4n) is 4.19. The molecule has 0 bridgehead atoms. The van der Waals surface area contributed by atoms with E-state index in [1.54, 1.807) is 29.3 Å². The minimum absolute atomic E-state index is 0.281. The van der Waals surface area contributed by atoms with E-state index in [4.69, 9.17) is 16.4 Å². The third-order valence-corrected chi connectivity index (χ3v) is 5.85. The SMILES string of the molecule is Cc1ccc([C@@H]2[C@H]3C(=O)N(c4cccc(Cl)c4)C(=O)[C@H]3ON2c2ccccc2)cc1. The van der Waals surface area contributed by atoms with Gasteiger partial charge in [-0.2, -0.15) is 0 Å². The molecule has 30 heavy (non-hydrogen) atoms. The molecule has 0 N–H and O–H groups in total. The second-order valence-corrected chi connectivity index (χ2v) is 8.00. The van der Waals surface area contributed by atoms with Crippen molar-refractivity contribution < 1.29 is 14.4 Å². The number of para-hydroxylation sites is 1. The van der Waals surface area contributed by atoms with Crippen LogP contribution in [0.5, 0.6) is 0 Å². The monoisotopic (exact) mass is 418 g/mol. The molecule has 0 unspecified atom stereocenters. The van der Waals surface area contributed by atoms with Crippen LogP contribution in [-0.4, -0.2) is 17.9 Å². The number of nitrogens with zero attached hydrogens (tertiary/aromatic N) is 2. The number of carbonyl (C=O) groups excluding carboxylic acids is 2. The number of benzene rings is 3. The smallest absolute Gasteiger partial charge is 0.266 e. The fourth-order valence-corrected chi connectivity index (χ4v) is 4.37. The van der Waals surface area contributed by atoms with E-state index in [0.717, 1.165) is 16.8 Å². The molecule has 5 rings (SSSR count). The molecule has 0 spiro atoms. The van der Waals surface area contributed by atoms with Gasteiger partial charge in [-0.25, -0.2) is 9.96 Å². The molecular formula is C24H19ClN2O3. The van der Waals surface area contributed by atoms with Crippen LogP contribution in [0.2, 0.25) is 5.02 Å². The number of anilines is 2. The van der Waals surface area contributed by atoms with Crippen molar-refractivity contribution in [3.8, 4) is 0 Å². The van der Waals surface area contributed by atoms with E-state index < -0.39 is 18.1 Å². The van der Waals surface area contributed by atoms with Crippen LogP contribution in [0.1, 0.15) is 17.2 Å². The Morgan fingerprint density at radius 2 is 1.53 bits per heavy atom. The van der Waals surface area contributed by atoms with Crippen LogP contribution in [0.15, 0.2) is 78.9 Å². The second kappa shape index (κ2) is 7.27. The number of halogens is 1. The zero-order chi connectivity index (χ0) is 20.8. The van der Waals surface area contributed by atoms with E-state index in [-0.39, 0.29) is 11.8 Å². The van der Waals surface area contributed by atoms with Gasteiger partial charge in [-0.3, -0.25) is 14.4 Å². The highest BCUT2D eigenvalue weighted by Crippen LogP contribution is 2.47. The topological polar surface area (TPSA) is 49.9 Å². The Kier molecular flexibility index (Phi) is 4.57. The van der Waals surface area contributed by atoms with Crippen molar-refractivity contribution in [1.29, 1.82) is 0 Å². The van der Waals surface area contributed by atoms with Gasteiger partial charge >= 0.3 is 0 Å². The normalized spacial score (nSPS) is 23.2. The molecule has 0 radical (unpaired) electrons. The number of imide groups is 1. The lowest BCUT2D eigenvalue weighted by Crippen LogP contribution is -2.37. The van der Waals surface area contributed by atoms with Gasteiger partial charge in [0.05, 0.1) is 17.4 Å². The number of hydroxylamine groups is 1. The summed E-state index contributed by atoms with van der Waals surface area (Å²) in [4.78, 5) is 34.0. The number of hydrogen-bond acceptors (Lipinski definition) is 4. The summed E-state index contributed by atoms with van der Waals surface area (Å²) in [6.07, 6.45) is -0.886. The van der Waals surface area contributed by atoms with Gasteiger partial charge in [-0.1, -0.05) is 65.7 Å². The number of amides is 2. The summed E-state index contributed by atoms with van der Waals surface area (Å²) in [5, 5.41) is 2.16. The first-order chi connectivity index (χ1) is 14.5. The molecule has 2 saturated heterocycles. The predicted octanol–water partition coefficient (Wildman–Crippen LogP) is 4.70. The van der Waals surface area contributed by atoms with E-state index in [9.17, 15) is 9.59 Å². The Morgan fingerprint density at radius 1 is 0.833 bits per heavy atom. The molecule has 2 fully saturated rings. The third-order valence-electron chi connectivity index (χ3n) is 5.61. The number of fused-ring (bicyclic) bond motifs is 1. The highest BCUT2D eigenvalue weighted by Gasteiger charge is 2.60. The molecule has 150 valence electrons. The lowest BCUT2D eigenvalue weighted by molar-refractivity contribution is -0.126. The van der Waals surface area contributed by atoms with Gasteiger partial charge in [-0.15, -0.1) is 0 Å². The van der Waals surface area contributed by atoms with E-state index in [2.05, 4.69) is 0 Å². The number of hydrogen-bond donors (Lipinski definition) is 0. The number of aryl methyl sites for hydroxylation is 1. The standard InChI is InChI=1S/C24H19ClN2O3/c1-15-10-12-16(13-11-15)21-20-22(30-27(21)18-7-3-2-4-8-18)24(29)26(23(20)28)19-9-5-6-17(25)14-19/h2-14,20-22H,1H3/t20-,21-,22+/m1/s1. The zero-order valence-corrected chi connectivity index (χ0v) is 17.0. The molecule has 0 aromatic heterocycles. The molecule has 5 nitrogen and oxygen atoms in total. The van der Waals surface area contributed by atoms with Crippen molar-refractivity contribution >= 4 is 34.8 Å². The van der Waals surface area contributed by atoms with Crippen LogP contribution in [-0.2, 0) is 14.4 Å². The molecule has 0 aliphatic carbocycles. The number of carbonyl (C=O) groups is 2. The predicted molar refractivity (Wildman–Crippen MR) is 115 cm³/mol. The molecule has 2 aliphatic heterocycles. The summed E-state index contributed by atoms with van der Waals surface area (Å²) in [6.45, 7) is 2.01. The van der Waals surface area contributed by atoms with Crippen LogP contribution < -0.4 is 9.96 Å². The first-order valence-corrected chi connectivity index (χ1v) is 10.1. The van der Waals surface area contributed by atoms with Crippen molar-refractivity contribution in [2.24, 2.45) is 5.92 Å². The Labute approximate surface area is 179 Å². The van der Waals surface area contributed by atoms with E-state index in [1.165, 1.54) is 4.90 Å². The van der Waals surface area contributed by atoms with E-state index >= 15 is 0 Å². The van der Waals surface area contributed by atoms with Crippen LogP contribution in [0.3, 0.4) is 0 Å². The molecule has 3 atom stereocenters. The van der Waals surface area contributed by atoms with Crippen molar-refractivity contribution in [2.45, 2.75) is 19.1 Å². The second-order valence-electron chi connectivity index (χ2n) is 7.56. The summed E-state index contributed by atoms with van der Waals surface area (Å²) in [7, 11) is 0. The van der Waals surface area contributed by atoms with Crippen molar-refractivity contribution in [3.63, 3.8) is 0 Å². The zero-order valence-electron chi connectivity index (χ0n) is 16.2. The van der Waals surface area contributed by atoms with Gasteiger partial charge in [0.2, 0.25) is 5.91 Å². The Morgan fingerprint density at radius 3 is 2.23 bits per heavy atom.